The monoisotopic (exact) mass is 422 g/mol. The molecule has 2 heterocycles. The summed E-state index contributed by atoms with van der Waals surface area (Å²) < 4.78 is 58.7. The lowest BCUT2D eigenvalue weighted by molar-refractivity contribution is 0.0819. The third-order valence-corrected chi connectivity index (χ3v) is 6.08. The van der Waals surface area contributed by atoms with E-state index in [9.17, 15) is 17.2 Å². The lowest BCUT2D eigenvalue weighted by atomic mass is 10.2. The van der Waals surface area contributed by atoms with Crippen molar-refractivity contribution in [3.8, 4) is 5.75 Å². The Morgan fingerprint density at radius 2 is 2.04 bits per heavy atom. The number of sulfonamides is 1. The molecule has 1 saturated heterocycles. The van der Waals surface area contributed by atoms with Gasteiger partial charge in [-0.3, -0.25) is 0 Å². The molecule has 0 amide bonds. The molecule has 2 aromatic rings. The van der Waals surface area contributed by atoms with Crippen molar-refractivity contribution in [2.75, 3.05) is 26.2 Å². The highest BCUT2D eigenvalue weighted by molar-refractivity contribution is 7.89. The van der Waals surface area contributed by atoms with Crippen molar-refractivity contribution in [1.82, 2.24) is 19.2 Å². The van der Waals surface area contributed by atoms with Crippen LogP contribution in [-0.4, -0.2) is 54.9 Å². The number of hydrogen-bond acceptors (Lipinski definition) is 5. The average Bonchev–Trinajstić information content (AvgIpc) is 3.06. The summed E-state index contributed by atoms with van der Waals surface area (Å²) in [6.45, 7) is 0.573. The molecule has 1 N–H and O–H groups in total. The van der Waals surface area contributed by atoms with E-state index in [4.69, 9.17) is 4.74 Å². The van der Waals surface area contributed by atoms with Gasteiger partial charge in [-0.15, -0.1) is 12.4 Å². The van der Waals surface area contributed by atoms with Gasteiger partial charge >= 0.3 is 0 Å². The maximum absolute atomic E-state index is 13.1. The molecule has 1 aliphatic heterocycles. The molecule has 27 heavy (non-hydrogen) atoms. The average molecular weight is 423 g/mol. The summed E-state index contributed by atoms with van der Waals surface area (Å²) in [5, 5.41) is 3.19. The predicted molar refractivity (Wildman–Crippen MR) is 97.9 cm³/mol. The molecule has 0 spiro atoms. The third-order valence-electron chi connectivity index (χ3n) is 4.16. The first-order valence-electron chi connectivity index (χ1n) is 8.10. The minimum absolute atomic E-state index is 0. The summed E-state index contributed by atoms with van der Waals surface area (Å²) in [6, 6.07) is 5.07. The van der Waals surface area contributed by atoms with E-state index in [0.29, 0.717) is 25.5 Å². The van der Waals surface area contributed by atoms with Crippen molar-refractivity contribution in [2.24, 2.45) is 7.05 Å². The van der Waals surface area contributed by atoms with E-state index in [2.05, 4.69) is 10.3 Å². The van der Waals surface area contributed by atoms with E-state index in [-0.39, 0.29) is 23.1 Å². The summed E-state index contributed by atoms with van der Waals surface area (Å²) >= 11 is 0. The summed E-state index contributed by atoms with van der Waals surface area (Å²) in [4.78, 5) is 4.36. The van der Waals surface area contributed by atoms with Gasteiger partial charge in [0.15, 0.2) is 0 Å². The molecule has 1 fully saturated rings. The van der Waals surface area contributed by atoms with Gasteiger partial charge in [0.25, 0.3) is 6.43 Å². The van der Waals surface area contributed by atoms with Gasteiger partial charge in [0, 0.05) is 39.1 Å². The number of aromatic nitrogens is 2. The second-order valence-electron chi connectivity index (χ2n) is 5.91. The topological polar surface area (TPSA) is 76.5 Å². The summed E-state index contributed by atoms with van der Waals surface area (Å²) in [5.74, 6) is 0.850. The highest BCUT2D eigenvalue weighted by atomic mass is 35.5. The standard InChI is InChI=1S/C16H20F2N4O3S.ClH/c1-21-8-7-20-16(21)14-10-19-6-9-22(14)26(23,24)13-4-2-12(3-5-13)25-11-15(17)18;/h2-5,7-8,14-15,19H,6,9-11H2,1H3;1H. The Kier molecular flexibility index (Phi) is 7.15. The fraction of sp³-hybridized carbons (Fsp3) is 0.438. The van der Waals surface area contributed by atoms with Crippen molar-refractivity contribution in [3.63, 3.8) is 0 Å². The number of aryl methyl sites for hydroxylation is 1. The van der Waals surface area contributed by atoms with Gasteiger partial charge in [-0.1, -0.05) is 0 Å². The van der Waals surface area contributed by atoms with E-state index in [1.807, 2.05) is 7.05 Å². The minimum atomic E-state index is -3.77. The van der Waals surface area contributed by atoms with Crippen molar-refractivity contribution in [1.29, 1.82) is 0 Å². The predicted octanol–water partition coefficient (Wildman–Crippen LogP) is 1.82. The van der Waals surface area contributed by atoms with Crippen LogP contribution in [0.15, 0.2) is 41.6 Å². The van der Waals surface area contributed by atoms with E-state index >= 15 is 0 Å². The van der Waals surface area contributed by atoms with Crippen LogP contribution < -0.4 is 10.1 Å². The quantitative estimate of drug-likeness (QED) is 0.768. The number of hydrogen-bond donors (Lipinski definition) is 1. The van der Waals surface area contributed by atoms with Crippen LogP contribution in [0, 0.1) is 0 Å². The van der Waals surface area contributed by atoms with Crippen LogP contribution in [0.3, 0.4) is 0 Å². The Labute approximate surface area is 162 Å². The normalized spacial score (nSPS) is 18.3. The number of benzene rings is 1. The number of nitrogens with zero attached hydrogens (tertiary/aromatic N) is 3. The largest absolute Gasteiger partial charge is 0.488 e. The number of halogens is 3. The number of ether oxygens (including phenoxy) is 1. The number of nitrogens with one attached hydrogen (secondary N) is 1. The fourth-order valence-electron chi connectivity index (χ4n) is 2.89. The molecule has 0 radical (unpaired) electrons. The molecule has 150 valence electrons. The maximum atomic E-state index is 13.1. The third kappa shape index (κ3) is 4.75. The van der Waals surface area contributed by atoms with E-state index in [1.165, 1.54) is 28.6 Å². The Morgan fingerprint density at radius 3 is 2.63 bits per heavy atom. The van der Waals surface area contributed by atoms with Crippen LogP contribution in [0.1, 0.15) is 11.9 Å². The van der Waals surface area contributed by atoms with E-state index in [0.717, 1.165) is 0 Å². The Balaban J connectivity index is 0.00000261. The zero-order valence-electron chi connectivity index (χ0n) is 14.6. The first kappa shape index (κ1) is 21.5. The number of piperazine rings is 1. The summed E-state index contributed by atoms with van der Waals surface area (Å²) in [5.41, 5.74) is 0. The molecule has 1 aromatic heterocycles. The first-order chi connectivity index (χ1) is 12.4. The van der Waals surface area contributed by atoms with Gasteiger partial charge in [-0.05, 0) is 24.3 Å². The number of imidazole rings is 1. The van der Waals surface area contributed by atoms with Crippen molar-refractivity contribution >= 4 is 22.4 Å². The van der Waals surface area contributed by atoms with Crippen LogP contribution in [0.5, 0.6) is 5.75 Å². The zero-order chi connectivity index (χ0) is 18.7. The molecular weight excluding hydrogens is 402 g/mol. The fourth-order valence-corrected chi connectivity index (χ4v) is 4.48. The Hall–Kier alpha value is -1.75. The lowest BCUT2D eigenvalue weighted by Crippen LogP contribution is -2.49. The second-order valence-corrected chi connectivity index (χ2v) is 7.80. The minimum Gasteiger partial charge on any atom is -0.488 e. The molecule has 1 atom stereocenters. The van der Waals surface area contributed by atoms with Gasteiger partial charge in [0.05, 0.1) is 10.9 Å². The molecule has 7 nitrogen and oxygen atoms in total. The molecule has 0 bridgehead atoms. The van der Waals surface area contributed by atoms with Gasteiger partial charge in [-0.25, -0.2) is 22.2 Å². The van der Waals surface area contributed by atoms with Crippen molar-refractivity contribution in [2.45, 2.75) is 17.4 Å². The number of rotatable bonds is 6. The Morgan fingerprint density at radius 1 is 1.33 bits per heavy atom. The number of alkyl halides is 2. The van der Waals surface area contributed by atoms with Crippen LogP contribution in [0.2, 0.25) is 0 Å². The van der Waals surface area contributed by atoms with Crippen LogP contribution in [-0.2, 0) is 17.1 Å². The maximum Gasteiger partial charge on any atom is 0.272 e. The van der Waals surface area contributed by atoms with Crippen LogP contribution >= 0.6 is 12.4 Å². The van der Waals surface area contributed by atoms with Crippen molar-refractivity contribution < 1.29 is 21.9 Å². The van der Waals surface area contributed by atoms with E-state index in [1.54, 1.807) is 17.0 Å². The SMILES string of the molecule is Cl.Cn1ccnc1C1CNCCN1S(=O)(=O)c1ccc(OCC(F)F)cc1. The van der Waals surface area contributed by atoms with E-state index < -0.39 is 29.1 Å². The van der Waals surface area contributed by atoms with Crippen LogP contribution in [0.25, 0.3) is 0 Å². The highest BCUT2D eigenvalue weighted by Crippen LogP contribution is 2.28. The molecule has 0 aliphatic carbocycles. The highest BCUT2D eigenvalue weighted by Gasteiger charge is 2.36. The lowest BCUT2D eigenvalue weighted by Gasteiger charge is -2.34. The molecule has 1 aromatic carbocycles. The summed E-state index contributed by atoms with van der Waals surface area (Å²) in [7, 11) is -1.95. The zero-order valence-corrected chi connectivity index (χ0v) is 16.2. The molecule has 11 heteroatoms. The Bertz CT molecular complexity index is 846. The molecule has 1 aliphatic rings. The second kappa shape index (κ2) is 8.96. The molecule has 1 unspecified atom stereocenters. The molecule has 0 saturated carbocycles. The van der Waals surface area contributed by atoms with Crippen molar-refractivity contribution in [3.05, 3.63) is 42.5 Å². The smallest absolute Gasteiger partial charge is 0.272 e. The molecular formula is C16H21ClF2N4O3S. The molecule has 3 rings (SSSR count). The van der Waals surface area contributed by atoms with Gasteiger partial charge in [-0.2, -0.15) is 4.31 Å². The summed E-state index contributed by atoms with van der Waals surface area (Å²) in [6.07, 6.45) is 0.811. The first-order valence-corrected chi connectivity index (χ1v) is 9.54. The van der Waals surface area contributed by atoms with Crippen LogP contribution in [0.4, 0.5) is 8.78 Å². The van der Waals surface area contributed by atoms with Gasteiger partial charge in [0.1, 0.15) is 18.2 Å². The van der Waals surface area contributed by atoms with Gasteiger partial charge in [0.2, 0.25) is 10.0 Å². The van der Waals surface area contributed by atoms with Gasteiger partial charge < -0.3 is 14.6 Å².